The van der Waals surface area contributed by atoms with Crippen LogP contribution in [0.4, 0.5) is 0 Å². The molecule has 0 aromatic heterocycles. The lowest BCUT2D eigenvalue weighted by molar-refractivity contribution is -0.167. The van der Waals surface area contributed by atoms with Crippen LogP contribution >= 0.6 is 0 Å². The number of rotatable bonds is 6. The maximum Gasteiger partial charge on any atom is 0.347 e. The van der Waals surface area contributed by atoms with Gasteiger partial charge in [0.25, 0.3) is 0 Å². The van der Waals surface area contributed by atoms with Gasteiger partial charge in [-0.25, -0.2) is 4.79 Å². The minimum absolute atomic E-state index is 0.220. The minimum atomic E-state index is -0.942. The van der Waals surface area contributed by atoms with Crippen LogP contribution in [0.15, 0.2) is 24.3 Å². The molecule has 1 aromatic carbocycles. The van der Waals surface area contributed by atoms with E-state index >= 15 is 0 Å². The maximum atomic E-state index is 12.2. The van der Waals surface area contributed by atoms with Gasteiger partial charge in [-0.15, -0.1) is 12.3 Å². The molecular formula is C17H20O4. The number of aryl methyl sites for hydroxylation is 1. The van der Waals surface area contributed by atoms with Gasteiger partial charge in [-0.2, -0.15) is 0 Å². The van der Waals surface area contributed by atoms with Crippen LogP contribution in [0.25, 0.3) is 0 Å². The molecule has 0 fully saturated rings. The monoisotopic (exact) mass is 288 g/mol. The van der Waals surface area contributed by atoms with E-state index in [1.807, 2.05) is 31.2 Å². The summed E-state index contributed by atoms with van der Waals surface area (Å²) in [6, 6.07) is 7.50. The van der Waals surface area contributed by atoms with E-state index in [1.165, 1.54) is 6.92 Å². The molecule has 0 aliphatic heterocycles. The second-order valence-electron chi connectivity index (χ2n) is 4.71. The Hall–Kier alpha value is -2.28. The first-order chi connectivity index (χ1) is 9.99. The molecule has 2 atom stereocenters. The highest BCUT2D eigenvalue weighted by Gasteiger charge is 2.26. The normalized spacial score (nSPS) is 12.9. The number of terminal acetylenes is 1. The molecule has 0 unspecified atom stereocenters. The highest BCUT2D eigenvalue weighted by atomic mass is 16.6. The average molecular weight is 288 g/mol. The van der Waals surface area contributed by atoms with Crippen LogP contribution in [0.2, 0.25) is 0 Å². The number of ether oxygens (including phenoxy) is 2. The van der Waals surface area contributed by atoms with Gasteiger partial charge in [0.05, 0.1) is 12.5 Å². The molecule has 1 rings (SSSR count). The van der Waals surface area contributed by atoms with E-state index < -0.39 is 24.0 Å². The lowest BCUT2D eigenvalue weighted by atomic mass is 9.95. The molecule has 21 heavy (non-hydrogen) atoms. The van der Waals surface area contributed by atoms with Gasteiger partial charge in [0.2, 0.25) is 0 Å². The Bertz CT molecular complexity index is 542. The Labute approximate surface area is 125 Å². The Balaban J connectivity index is 2.84. The zero-order valence-corrected chi connectivity index (χ0v) is 12.6. The summed E-state index contributed by atoms with van der Waals surface area (Å²) in [5.74, 6) is 0.825. The predicted octanol–water partition coefficient (Wildman–Crippen LogP) is 2.60. The van der Waals surface area contributed by atoms with E-state index in [1.54, 1.807) is 6.92 Å². The molecule has 0 saturated heterocycles. The van der Waals surface area contributed by atoms with Crippen molar-refractivity contribution in [2.45, 2.75) is 39.2 Å². The smallest absolute Gasteiger partial charge is 0.347 e. The lowest BCUT2D eigenvalue weighted by Crippen LogP contribution is -2.29. The van der Waals surface area contributed by atoms with Crippen LogP contribution in [-0.2, 0) is 19.1 Å². The summed E-state index contributed by atoms with van der Waals surface area (Å²) in [7, 11) is 0. The van der Waals surface area contributed by atoms with E-state index in [4.69, 9.17) is 15.9 Å². The summed E-state index contributed by atoms with van der Waals surface area (Å²) in [5.41, 5.74) is 1.81. The maximum absolute atomic E-state index is 12.2. The average Bonchev–Trinajstić information content (AvgIpc) is 2.44. The number of hydrogen-bond donors (Lipinski definition) is 0. The van der Waals surface area contributed by atoms with Gasteiger partial charge >= 0.3 is 11.9 Å². The molecule has 0 heterocycles. The second kappa shape index (κ2) is 8.11. The zero-order valence-electron chi connectivity index (χ0n) is 12.6. The SMILES string of the molecule is C#CC[C@H](C(=O)O[C@@H](C)C(=O)OCC)c1cccc(C)c1. The van der Waals surface area contributed by atoms with E-state index in [0.717, 1.165) is 11.1 Å². The third-order valence-electron chi connectivity index (χ3n) is 2.96. The fourth-order valence-corrected chi connectivity index (χ4v) is 1.91. The predicted molar refractivity (Wildman–Crippen MR) is 79.6 cm³/mol. The van der Waals surface area contributed by atoms with Crippen molar-refractivity contribution in [3.63, 3.8) is 0 Å². The Morgan fingerprint density at radius 3 is 2.62 bits per heavy atom. The topological polar surface area (TPSA) is 52.6 Å². The summed E-state index contributed by atoms with van der Waals surface area (Å²) < 4.78 is 9.98. The van der Waals surface area contributed by atoms with E-state index in [9.17, 15) is 9.59 Å². The largest absolute Gasteiger partial charge is 0.463 e. The van der Waals surface area contributed by atoms with Crippen molar-refractivity contribution >= 4 is 11.9 Å². The van der Waals surface area contributed by atoms with E-state index in [-0.39, 0.29) is 13.0 Å². The molecule has 4 heteroatoms. The van der Waals surface area contributed by atoms with Crippen molar-refractivity contribution in [3.05, 3.63) is 35.4 Å². The highest BCUT2D eigenvalue weighted by Crippen LogP contribution is 2.22. The minimum Gasteiger partial charge on any atom is -0.463 e. The highest BCUT2D eigenvalue weighted by molar-refractivity contribution is 5.83. The van der Waals surface area contributed by atoms with E-state index in [2.05, 4.69) is 5.92 Å². The van der Waals surface area contributed by atoms with Crippen molar-refractivity contribution < 1.29 is 19.1 Å². The number of hydrogen-bond acceptors (Lipinski definition) is 4. The molecule has 1 aromatic rings. The standard InChI is InChI=1S/C17H20O4/c1-5-8-15(14-10-7-9-12(3)11-14)17(19)21-13(4)16(18)20-6-2/h1,7,9-11,13,15H,6,8H2,2-4H3/t13-,15-/m0/s1. The molecule has 0 aliphatic carbocycles. The quantitative estimate of drug-likeness (QED) is 0.596. The van der Waals surface area contributed by atoms with Gasteiger partial charge in [0.15, 0.2) is 6.10 Å². The molecule has 0 amide bonds. The number of carbonyl (C=O) groups is 2. The summed E-state index contributed by atoms with van der Waals surface area (Å²) >= 11 is 0. The van der Waals surface area contributed by atoms with E-state index in [0.29, 0.717) is 0 Å². The third-order valence-corrected chi connectivity index (χ3v) is 2.96. The number of carbonyl (C=O) groups excluding carboxylic acids is 2. The van der Waals surface area contributed by atoms with Crippen molar-refractivity contribution in [3.8, 4) is 12.3 Å². The number of benzene rings is 1. The van der Waals surface area contributed by atoms with Crippen LogP contribution in [0, 0.1) is 19.3 Å². The third kappa shape index (κ3) is 4.96. The molecule has 0 aliphatic rings. The molecule has 0 saturated carbocycles. The number of esters is 2. The molecule has 0 bridgehead atoms. The molecule has 4 nitrogen and oxygen atoms in total. The molecular weight excluding hydrogens is 268 g/mol. The first kappa shape index (κ1) is 16.8. The first-order valence-corrected chi connectivity index (χ1v) is 6.86. The summed E-state index contributed by atoms with van der Waals surface area (Å²) in [4.78, 5) is 23.7. The van der Waals surface area contributed by atoms with Crippen LogP contribution in [0.3, 0.4) is 0 Å². The molecule has 0 radical (unpaired) electrons. The first-order valence-electron chi connectivity index (χ1n) is 6.86. The van der Waals surface area contributed by atoms with Crippen LogP contribution in [0.1, 0.15) is 37.3 Å². The Morgan fingerprint density at radius 1 is 1.33 bits per heavy atom. The van der Waals surface area contributed by atoms with Crippen molar-refractivity contribution in [2.24, 2.45) is 0 Å². The second-order valence-corrected chi connectivity index (χ2v) is 4.71. The molecule has 0 N–H and O–H groups in total. The van der Waals surface area contributed by atoms with Crippen molar-refractivity contribution in [2.75, 3.05) is 6.61 Å². The van der Waals surface area contributed by atoms with Gasteiger partial charge in [-0.05, 0) is 26.3 Å². The summed E-state index contributed by atoms with van der Waals surface area (Å²) in [6.07, 6.45) is 4.61. The summed E-state index contributed by atoms with van der Waals surface area (Å²) in [5, 5.41) is 0. The lowest BCUT2D eigenvalue weighted by Gasteiger charge is -2.18. The molecule has 0 spiro atoms. The zero-order chi connectivity index (χ0) is 15.8. The van der Waals surface area contributed by atoms with Gasteiger partial charge in [0.1, 0.15) is 0 Å². The fourth-order valence-electron chi connectivity index (χ4n) is 1.91. The van der Waals surface area contributed by atoms with Gasteiger partial charge in [-0.1, -0.05) is 29.8 Å². The van der Waals surface area contributed by atoms with Gasteiger partial charge in [-0.3, -0.25) is 4.79 Å². The van der Waals surface area contributed by atoms with Gasteiger partial charge in [0, 0.05) is 6.42 Å². The Kier molecular flexibility index (Phi) is 6.48. The fraction of sp³-hybridized carbons (Fsp3) is 0.412. The van der Waals surface area contributed by atoms with Crippen molar-refractivity contribution in [1.82, 2.24) is 0 Å². The summed E-state index contributed by atoms with van der Waals surface area (Å²) in [6.45, 7) is 5.36. The van der Waals surface area contributed by atoms with Crippen LogP contribution in [-0.4, -0.2) is 24.6 Å². The van der Waals surface area contributed by atoms with Crippen molar-refractivity contribution in [1.29, 1.82) is 0 Å². The molecule has 112 valence electrons. The Morgan fingerprint density at radius 2 is 2.05 bits per heavy atom. The van der Waals surface area contributed by atoms with Crippen LogP contribution in [0.5, 0.6) is 0 Å². The van der Waals surface area contributed by atoms with Crippen LogP contribution < -0.4 is 0 Å². The van der Waals surface area contributed by atoms with Gasteiger partial charge < -0.3 is 9.47 Å².